The van der Waals surface area contributed by atoms with E-state index in [2.05, 4.69) is 23.9 Å². The van der Waals surface area contributed by atoms with Crippen molar-refractivity contribution >= 4 is 5.97 Å². The number of ether oxygens (including phenoxy) is 2. The van der Waals surface area contributed by atoms with Crippen LogP contribution >= 0.6 is 0 Å². The number of pyridine rings is 1. The molecule has 0 bridgehead atoms. The fourth-order valence-corrected chi connectivity index (χ4v) is 2.14. The minimum atomic E-state index is -0.447. The summed E-state index contributed by atoms with van der Waals surface area (Å²) in [5.41, 5.74) is 0.262. The maximum Gasteiger partial charge on any atom is 0.357 e. The SMILES string of the molecule is COC[C@@H](CC(C)C)OC(=O)c1cccc(-n2cccn2)n1. The van der Waals surface area contributed by atoms with E-state index in [0.717, 1.165) is 6.42 Å². The summed E-state index contributed by atoms with van der Waals surface area (Å²) >= 11 is 0. The number of methoxy groups -OCH3 is 1. The van der Waals surface area contributed by atoms with Gasteiger partial charge in [0, 0.05) is 19.5 Å². The molecule has 0 aliphatic heterocycles. The molecule has 0 aromatic carbocycles. The van der Waals surface area contributed by atoms with E-state index in [1.807, 2.05) is 0 Å². The number of hydrogen-bond donors (Lipinski definition) is 0. The molecule has 0 aliphatic rings. The first-order chi connectivity index (χ1) is 10.6. The summed E-state index contributed by atoms with van der Waals surface area (Å²) in [7, 11) is 1.59. The van der Waals surface area contributed by atoms with Gasteiger partial charge in [-0.15, -0.1) is 0 Å². The van der Waals surface area contributed by atoms with Crippen LogP contribution in [0.1, 0.15) is 30.8 Å². The van der Waals surface area contributed by atoms with Crippen LogP contribution in [0.15, 0.2) is 36.7 Å². The van der Waals surface area contributed by atoms with Gasteiger partial charge in [0.25, 0.3) is 0 Å². The third-order valence-electron chi connectivity index (χ3n) is 3.04. The molecule has 1 atom stereocenters. The van der Waals surface area contributed by atoms with E-state index in [0.29, 0.717) is 18.3 Å². The second-order valence-electron chi connectivity index (χ2n) is 5.44. The summed E-state index contributed by atoms with van der Waals surface area (Å²) in [6.07, 6.45) is 3.90. The number of carbonyl (C=O) groups excluding carboxylic acids is 1. The molecule has 118 valence electrons. The Bertz CT molecular complexity index is 596. The van der Waals surface area contributed by atoms with Crippen LogP contribution in [0.4, 0.5) is 0 Å². The van der Waals surface area contributed by atoms with Gasteiger partial charge in [0.2, 0.25) is 0 Å². The Morgan fingerprint density at radius 1 is 1.32 bits per heavy atom. The van der Waals surface area contributed by atoms with Crippen LogP contribution in [0.25, 0.3) is 5.82 Å². The van der Waals surface area contributed by atoms with E-state index in [4.69, 9.17) is 9.47 Å². The third kappa shape index (κ3) is 4.39. The van der Waals surface area contributed by atoms with Crippen molar-refractivity contribution in [3.05, 3.63) is 42.4 Å². The van der Waals surface area contributed by atoms with Crippen LogP contribution in [0.3, 0.4) is 0 Å². The van der Waals surface area contributed by atoms with Crippen molar-refractivity contribution in [2.24, 2.45) is 5.92 Å². The summed E-state index contributed by atoms with van der Waals surface area (Å²) in [4.78, 5) is 16.6. The monoisotopic (exact) mass is 303 g/mol. The lowest BCUT2D eigenvalue weighted by Crippen LogP contribution is -2.25. The molecule has 0 radical (unpaired) electrons. The zero-order valence-corrected chi connectivity index (χ0v) is 13.1. The molecule has 0 aliphatic carbocycles. The molecule has 0 fully saturated rings. The standard InChI is InChI=1S/C16H21N3O3/c1-12(2)10-13(11-21-3)22-16(20)14-6-4-7-15(18-14)19-9-5-8-17-19/h4-9,12-13H,10-11H2,1-3H3/t13-/m1/s1. The summed E-state index contributed by atoms with van der Waals surface area (Å²) in [6.45, 7) is 4.53. The third-order valence-corrected chi connectivity index (χ3v) is 3.04. The highest BCUT2D eigenvalue weighted by molar-refractivity contribution is 5.87. The fourth-order valence-electron chi connectivity index (χ4n) is 2.14. The van der Waals surface area contributed by atoms with Gasteiger partial charge < -0.3 is 9.47 Å². The van der Waals surface area contributed by atoms with Crippen LogP contribution in [0.2, 0.25) is 0 Å². The first-order valence-electron chi connectivity index (χ1n) is 7.27. The smallest absolute Gasteiger partial charge is 0.357 e. The van der Waals surface area contributed by atoms with E-state index in [1.165, 1.54) is 0 Å². The van der Waals surface area contributed by atoms with Crippen LogP contribution < -0.4 is 0 Å². The highest BCUT2D eigenvalue weighted by Crippen LogP contribution is 2.12. The van der Waals surface area contributed by atoms with Gasteiger partial charge in [-0.2, -0.15) is 5.10 Å². The molecular formula is C16H21N3O3. The minimum Gasteiger partial charge on any atom is -0.455 e. The molecule has 0 amide bonds. The lowest BCUT2D eigenvalue weighted by Gasteiger charge is -2.18. The predicted molar refractivity (Wildman–Crippen MR) is 81.9 cm³/mol. The molecule has 2 aromatic heterocycles. The van der Waals surface area contributed by atoms with E-state index in [1.54, 1.807) is 48.5 Å². The summed E-state index contributed by atoms with van der Waals surface area (Å²) < 4.78 is 12.2. The number of nitrogens with zero attached hydrogens (tertiary/aromatic N) is 3. The Kier molecular flexibility index (Phi) is 5.66. The van der Waals surface area contributed by atoms with Gasteiger partial charge in [-0.3, -0.25) is 0 Å². The molecular weight excluding hydrogens is 282 g/mol. The second kappa shape index (κ2) is 7.70. The molecule has 0 saturated heterocycles. The second-order valence-corrected chi connectivity index (χ2v) is 5.44. The van der Waals surface area contributed by atoms with Gasteiger partial charge in [0.05, 0.1) is 6.61 Å². The van der Waals surface area contributed by atoms with Crippen molar-refractivity contribution in [2.75, 3.05) is 13.7 Å². The lowest BCUT2D eigenvalue weighted by molar-refractivity contribution is -0.00122. The Morgan fingerprint density at radius 3 is 2.77 bits per heavy atom. The maximum absolute atomic E-state index is 12.3. The molecule has 6 nitrogen and oxygen atoms in total. The molecule has 2 rings (SSSR count). The van der Waals surface area contributed by atoms with Crippen molar-refractivity contribution in [3.8, 4) is 5.82 Å². The number of aromatic nitrogens is 3. The average Bonchev–Trinajstić information content (AvgIpc) is 3.01. The highest BCUT2D eigenvalue weighted by atomic mass is 16.6. The van der Waals surface area contributed by atoms with Crippen LogP contribution in [-0.4, -0.2) is 40.6 Å². The van der Waals surface area contributed by atoms with Gasteiger partial charge in [-0.05, 0) is 30.5 Å². The van der Waals surface area contributed by atoms with Crippen molar-refractivity contribution in [1.82, 2.24) is 14.8 Å². The Morgan fingerprint density at radius 2 is 2.14 bits per heavy atom. The topological polar surface area (TPSA) is 66.2 Å². The fraction of sp³-hybridized carbons (Fsp3) is 0.438. The molecule has 2 aromatic rings. The number of hydrogen-bond acceptors (Lipinski definition) is 5. The Labute approximate surface area is 130 Å². The molecule has 0 unspecified atom stereocenters. The van der Waals surface area contributed by atoms with Crippen molar-refractivity contribution in [3.63, 3.8) is 0 Å². The van der Waals surface area contributed by atoms with Gasteiger partial charge in [-0.25, -0.2) is 14.5 Å². The van der Waals surface area contributed by atoms with E-state index in [-0.39, 0.29) is 11.8 Å². The average molecular weight is 303 g/mol. The molecule has 6 heteroatoms. The molecule has 2 heterocycles. The summed E-state index contributed by atoms with van der Waals surface area (Å²) in [5, 5.41) is 4.10. The summed E-state index contributed by atoms with van der Waals surface area (Å²) in [5.74, 6) is 0.541. The predicted octanol–water partition coefficient (Wildman–Crippen LogP) is 2.49. The van der Waals surface area contributed by atoms with Gasteiger partial charge in [0.1, 0.15) is 6.10 Å². The zero-order chi connectivity index (χ0) is 15.9. The number of carbonyl (C=O) groups is 1. The Hall–Kier alpha value is -2.21. The van der Waals surface area contributed by atoms with E-state index >= 15 is 0 Å². The quantitative estimate of drug-likeness (QED) is 0.735. The van der Waals surface area contributed by atoms with E-state index in [9.17, 15) is 4.79 Å². The Balaban J connectivity index is 2.10. The molecule has 0 N–H and O–H groups in total. The normalized spacial score (nSPS) is 12.4. The largest absolute Gasteiger partial charge is 0.455 e. The van der Waals surface area contributed by atoms with Crippen LogP contribution in [-0.2, 0) is 9.47 Å². The van der Waals surface area contributed by atoms with Gasteiger partial charge in [-0.1, -0.05) is 19.9 Å². The van der Waals surface area contributed by atoms with E-state index < -0.39 is 5.97 Å². The number of rotatable bonds is 7. The van der Waals surface area contributed by atoms with Crippen LogP contribution in [0.5, 0.6) is 0 Å². The summed E-state index contributed by atoms with van der Waals surface area (Å²) in [6, 6.07) is 6.97. The minimum absolute atomic E-state index is 0.262. The van der Waals surface area contributed by atoms with Gasteiger partial charge >= 0.3 is 5.97 Å². The molecule has 22 heavy (non-hydrogen) atoms. The highest BCUT2D eigenvalue weighted by Gasteiger charge is 2.18. The number of esters is 1. The van der Waals surface area contributed by atoms with Crippen LogP contribution in [0, 0.1) is 5.92 Å². The van der Waals surface area contributed by atoms with Crippen molar-refractivity contribution in [1.29, 1.82) is 0 Å². The van der Waals surface area contributed by atoms with Gasteiger partial charge in [0.15, 0.2) is 11.5 Å². The molecule has 0 spiro atoms. The first kappa shape index (κ1) is 16.2. The first-order valence-corrected chi connectivity index (χ1v) is 7.27. The molecule has 0 saturated carbocycles. The lowest BCUT2D eigenvalue weighted by atomic mass is 10.1. The van der Waals surface area contributed by atoms with Crippen molar-refractivity contribution in [2.45, 2.75) is 26.4 Å². The maximum atomic E-state index is 12.3. The zero-order valence-electron chi connectivity index (χ0n) is 13.1. The van der Waals surface area contributed by atoms with Crippen molar-refractivity contribution < 1.29 is 14.3 Å².